The number of carbonyl (C=O) groups is 1. The number of pyridine rings is 1. The maximum absolute atomic E-state index is 14.5. The van der Waals surface area contributed by atoms with Crippen molar-refractivity contribution in [3.8, 4) is 0 Å². The van der Waals surface area contributed by atoms with Crippen molar-refractivity contribution in [3.63, 3.8) is 0 Å². The third kappa shape index (κ3) is 3.77. The van der Waals surface area contributed by atoms with Gasteiger partial charge in [0.25, 0.3) is 0 Å². The van der Waals surface area contributed by atoms with Crippen LogP contribution in [0.2, 0.25) is 10.0 Å². The van der Waals surface area contributed by atoms with E-state index in [-0.39, 0.29) is 27.7 Å². The largest absolute Gasteiger partial charge is 0.363 e. The van der Waals surface area contributed by atoms with E-state index >= 15 is 0 Å². The Morgan fingerprint density at radius 3 is 2.77 bits per heavy atom. The number of nitrogens with one attached hydrogen (secondary N) is 2. The molecule has 1 amide bonds. The van der Waals surface area contributed by atoms with Gasteiger partial charge in [0.2, 0.25) is 5.91 Å². The summed E-state index contributed by atoms with van der Waals surface area (Å²) in [6.45, 7) is 8.02. The van der Waals surface area contributed by atoms with Crippen LogP contribution in [0.3, 0.4) is 0 Å². The van der Waals surface area contributed by atoms with Gasteiger partial charge in [-0.05, 0) is 44.2 Å². The van der Waals surface area contributed by atoms with Gasteiger partial charge in [0.05, 0.1) is 32.8 Å². The fourth-order valence-corrected chi connectivity index (χ4v) is 3.77. The summed E-state index contributed by atoms with van der Waals surface area (Å²) in [5.74, 6) is 0.113. The van der Waals surface area contributed by atoms with Gasteiger partial charge in [-0.25, -0.2) is 19.3 Å². The van der Waals surface area contributed by atoms with E-state index in [2.05, 4.69) is 32.2 Å². The van der Waals surface area contributed by atoms with Crippen LogP contribution in [0, 0.1) is 5.82 Å². The Bertz CT molecular complexity index is 1200. The molecule has 0 bridgehead atoms. The van der Waals surface area contributed by atoms with Gasteiger partial charge in [0, 0.05) is 6.54 Å². The van der Waals surface area contributed by atoms with Crippen LogP contribution in [-0.4, -0.2) is 43.9 Å². The van der Waals surface area contributed by atoms with Gasteiger partial charge in [-0.15, -0.1) is 0 Å². The molecule has 1 aromatic carbocycles. The average molecular weight is 461 g/mol. The van der Waals surface area contributed by atoms with Crippen LogP contribution >= 0.6 is 23.2 Å². The van der Waals surface area contributed by atoms with Crippen molar-refractivity contribution in [1.29, 1.82) is 0 Å². The molecule has 31 heavy (non-hydrogen) atoms. The third-order valence-corrected chi connectivity index (χ3v) is 6.23. The van der Waals surface area contributed by atoms with Crippen molar-refractivity contribution in [2.75, 3.05) is 17.2 Å². The number of halogens is 3. The molecule has 3 heterocycles. The molecule has 3 aromatic rings. The molecule has 0 aliphatic carbocycles. The molecule has 2 aromatic heterocycles. The van der Waals surface area contributed by atoms with E-state index < -0.39 is 11.4 Å². The van der Waals surface area contributed by atoms with Gasteiger partial charge in [0.15, 0.2) is 11.6 Å². The van der Waals surface area contributed by atoms with Gasteiger partial charge in [-0.2, -0.15) is 0 Å². The van der Waals surface area contributed by atoms with E-state index in [0.29, 0.717) is 29.2 Å². The molecule has 0 spiro atoms. The molecule has 1 aliphatic heterocycles. The fraction of sp³-hybridized carbons (Fsp3) is 0.238. The Balaban J connectivity index is 1.62. The van der Waals surface area contributed by atoms with Gasteiger partial charge in [-0.3, -0.25) is 4.79 Å². The van der Waals surface area contributed by atoms with Crippen LogP contribution < -0.4 is 10.6 Å². The summed E-state index contributed by atoms with van der Waals surface area (Å²) in [5, 5.41) is 6.21. The van der Waals surface area contributed by atoms with Crippen molar-refractivity contribution in [3.05, 3.63) is 59.1 Å². The van der Waals surface area contributed by atoms with Crippen molar-refractivity contribution in [2.24, 2.45) is 0 Å². The Kier molecular flexibility index (Phi) is 5.45. The number of rotatable bonds is 5. The molecular weight excluding hydrogens is 442 g/mol. The minimum absolute atomic E-state index is 0.00472. The lowest BCUT2D eigenvalue weighted by molar-refractivity contribution is -0.140. The Morgan fingerprint density at radius 1 is 1.29 bits per heavy atom. The van der Waals surface area contributed by atoms with Gasteiger partial charge in [0.1, 0.15) is 17.7 Å². The summed E-state index contributed by atoms with van der Waals surface area (Å²) in [7, 11) is 0. The van der Waals surface area contributed by atoms with Crippen molar-refractivity contribution < 1.29 is 9.18 Å². The standard InChI is InChI=1S/C21H19Cl2FN6O/c1-4-16(31)30-9-14(21(30,2)3)28-15-8-7-13-19(29-15)20(26-10-25-13)27-12-6-5-11(22)17(23)18(12)24/h4-8,10,14H,1,9H2,2-3H3,(H,28,29)(H,25,26,27). The summed E-state index contributed by atoms with van der Waals surface area (Å²) in [5.41, 5.74) is 0.751. The Labute approximate surface area is 188 Å². The molecule has 0 radical (unpaired) electrons. The highest BCUT2D eigenvalue weighted by atomic mass is 35.5. The number of amides is 1. The average Bonchev–Trinajstić information content (AvgIpc) is 2.76. The highest BCUT2D eigenvalue weighted by Crippen LogP contribution is 2.34. The first-order chi connectivity index (χ1) is 14.7. The van der Waals surface area contributed by atoms with Crippen LogP contribution in [0.1, 0.15) is 13.8 Å². The van der Waals surface area contributed by atoms with Crippen LogP contribution in [0.25, 0.3) is 11.0 Å². The summed E-state index contributed by atoms with van der Waals surface area (Å²) in [6.07, 6.45) is 2.67. The molecule has 2 N–H and O–H groups in total. The summed E-state index contributed by atoms with van der Waals surface area (Å²) in [6, 6.07) is 6.55. The molecular formula is C21H19Cl2FN6O. The fourth-order valence-electron chi connectivity index (χ4n) is 3.46. The maximum Gasteiger partial charge on any atom is 0.246 e. The van der Waals surface area contributed by atoms with Gasteiger partial charge >= 0.3 is 0 Å². The molecule has 160 valence electrons. The SMILES string of the molecule is C=CC(=O)N1CC(Nc2ccc3ncnc(Nc4ccc(Cl)c(Cl)c4F)c3n2)C1(C)C. The molecule has 1 atom stereocenters. The normalized spacial score (nSPS) is 17.2. The van der Waals surface area contributed by atoms with E-state index in [1.807, 2.05) is 13.8 Å². The first-order valence-electron chi connectivity index (χ1n) is 9.45. The molecule has 1 fully saturated rings. The highest BCUT2D eigenvalue weighted by molar-refractivity contribution is 6.42. The van der Waals surface area contributed by atoms with E-state index in [9.17, 15) is 9.18 Å². The van der Waals surface area contributed by atoms with Crippen LogP contribution in [0.5, 0.6) is 0 Å². The maximum atomic E-state index is 14.5. The lowest BCUT2D eigenvalue weighted by atomic mass is 9.82. The minimum Gasteiger partial charge on any atom is -0.363 e. The molecule has 7 nitrogen and oxygen atoms in total. The van der Waals surface area contributed by atoms with E-state index in [4.69, 9.17) is 23.2 Å². The monoisotopic (exact) mass is 460 g/mol. The van der Waals surface area contributed by atoms with Crippen molar-refractivity contribution >= 4 is 57.5 Å². The molecule has 1 aliphatic rings. The topological polar surface area (TPSA) is 83.0 Å². The summed E-state index contributed by atoms with van der Waals surface area (Å²) in [4.78, 5) is 26.7. The summed E-state index contributed by atoms with van der Waals surface area (Å²) >= 11 is 11.8. The minimum atomic E-state index is -0.682. The summed E-state index contributed by atoms with van der Waals surface area (Å²) < 4.78 is 14.5. The molecule has 0 saturated carbocycles. The number of aromatic nitrogens is 3. The van der Waals surface area contributed by atoms with Crippen LogP contribution in [0.4, 0.5) is 21.7 Å². The van der Waals surface area contributed by atoms with Crippen LogP contribution in [0.15, 0.2) is 43.2 Å². The zero-order chi connectivity index (χ0) is 22.3. The van der Waals surface area contributed by atoms with Crippen molar-refractivity contribution in [2.45, 2.75) is 25.4 Å². The second kappa shape index (κ2) is 7.94. The molecule has 4 rings (SSSR count). The third-order valence-electron chi connectivity index (χ3n) is 5.45. The van der Waals surface area contributed by atoms with Crippen LogP contribution in [-0.2, 0) is 4.79 Å². The lowest BCUT2D eigenvalue weighted by Gasteiger charge is -2.55. The number of hydrogen-bond donors (Lipinski definition) is 2. The zero-order valence-corrected chi connectivity index (χ0v) is 18.3. The number of benzene rings is 1. The van der Waals surface area contributed by atoms with Gasteiger partial charge in [-0.1, -0.05) is 29.8 Å². The number of likely N-dealkylation sites (tertiary alicyclic amines) is 1. The molecule has 1 saturated heterocycles. The first-order valence-corrected chi connectivity index (χ1v) is 10.2. The van der Waals surface area contributed by atoms with E-state index in [0.717, 1.165) is 0 Å². The second-order valence-corrected chi connectivity index (χ2v) is 8.42. The molecule has 10 heteroatoms. The quantitative estimate of drug-likeness (QED) is 0.420. The molecule has 1 unspecified atom stereocenters. The Hall–Kier alpha value is -2.97. The smallest absolute Gasteiger partial charge is 0.246 e. The zero-order valence-electron chi connectivity index (χ0n) is 16.8. The number of fused-ring (bicyclic) bond motifs is 1. The van der Waals surface area contributed by atoms with E-state index in [1.54, 1.807) is 17.0 Å². The Morgan fingerprint density at radius 2 is 2.06 bits per heavy atom. The predicted octanol–water partition coefficient (Wildman–Crippen LogP) is 4.80. The number of nitrogens with zero attached hydrogens (tertiary/aromatic N) is 4. The van der Waals surface area contributed by atoms with Crippen molar-refractivity contribution in [1.82, 2.24) is 19.9 Å². The second-order valence-electron chi connectivity index (χ2n) is 7.64. The van der Waals surface area contributed by atoms with E-state index in [1.165, 1.54) is 24.5 Å². The van der Waals surface area contributed by atoms with Gasteiger partial charge < -0.3 is 15.5 Å². The first kappa shape index (κ1) is 21.3. The number of anilines is 3. The lowest BCUT2D eigenvalue weighted by Crippen LogP contribution is -2.71. The number of carbonyl (C=O) groups excluding carboxylic acids is 1. The number of hydrogen-bond acceptors (Lipinski definition) is 6. The highest BCUT2D eigenvalue weighted by Gasteiger charge is 2.48. The predicted molar refractivity (Wildman–Crippen MR) is 120 cm³/mol.